The number of rotatable bonds is 1. The molecule has 5 rings (SSSR count). The van der Waals surface area contributed by atoms with Crippen LogP contribution in [0.3, 0.4) is 0 Å². The van der Waals surface area contributed by atoms with Crippen LogP contribution in [0.1, 0.15) is 22.7 Å². The fourth-order valence-electron chi connectivity index (χ4n) is 4.03. The molecule has 0 saturated heterocycles. The minimum absolute atomic E-state index is 0.112. The predicted octanol–water partition coefficient (Wildman–Crippen LogP) is 2.69. The summed E-state index contributed by atoms with van der Waals surface area (Å²) >= 11 is 0. The molecule has 1 unspecified atom stereocenters. The van der Waals surface area contributed by atoms with Crippen LogP contribution in [0.2, 0.25) is 0 Å². The van der Waals surface area contributed by atoms with Crippen molar-refractivity contribution in [3.63, 3.8) is 0 Å². The van der Waals surface area contributed by atoms with E-state index < -0.39 is 0 Å². The first-order chi connectivity index (χ1) is 10.9. The van der Waals surface area contributed by atoms with Gasteiger partial charge in [-0.15, -0.1) is 0 Å². The van der Waals surface area contributed by atoms with Crippen molar-refractivity contribution in [2.75, 3.05) is 13.3 Å². The molecule has 0 fully saturated rings. The molecule has 2 heterocycles. The van der Waals surface area contributed by atoms with Crippen LogP contribution < -0.4 is 9.47 Å². The monoisotopic (exact) mass is 293 g/mol. The zero-order chi connectivity index (χ0) is 14.7. The molecule has 4 heteroatoms. The Kier molecular flexibility index (Phi) is 2.34. The van der Waals surface area contributed by atoms with Crippen LogP contribution >= 0.6 is 0 Å². The van der Waals surface area contributed by atoms with Gasteiger partial charge in [-0.2, -0.15) is 0 Å². The normalized spacial score (nSPS) is 20.4. The quantitative estimate of drug-likeness (QED) is 0.759. The van der Waals surface area contributed by atoms with Gasteiger partial charge in [0.25, 0.3) is 0 Å². The maximum atomic E-state index is 11.5. The Morgan fingerprint density at radius 1 is 1.18 bits per heavy atom. The molecule has 2 aliphatic heterocycles. The Hall–Kier alpha value is -2.49. The number of benzene rings is 2. The second-order valence-corrected chi connectivity index (χ2v) is 6.03. The van der Waals surface area contributed by atoms with E-state index in [0.29, 0.717) is 0 Å². The van der Waals surface area contributed by atoms with E-state index >= 15 is 0 Å². The third-order valence-electron chi connectivity index (χ3n) is 5.00. The van der Waals surface area contributed by atoms with Crippen molar-refractivity contribution < 1.29 is 14.3 Å². The molecule has 4 nitrogen and oxygen atoms in total. The highest BCUT2D eigenvalue weighted by molar-refractivity contribution is 5.84. The molecule has 1 aliphatic carbocycles. The van der Waals surface area contributed by atoms with Gasteiger partial charge in [0.15, 0.2) is 11.5 Å². The number of carbonyl (C=O) groups excluding carboxylic acids is 1. The standard InChI is InChI=1S/C18H15NO3/c20-9-19-6-5-12-8-15-18(22-10-21-15)17-13-4-2-1-3-11(13)7-14(19)16(12)17/h1-4,8-9,14H,5-7,10H2. The average Bonchev–Trinajstić information content (AvgIpc) is 3.03. The van der Waals surface area contributed by atoms with Gasteiger partial charge in [-0.1, -0.05) is 24.3 Å². The van der Waals surface area contributed by atoms with Crippen LogP contribution in [0.25, 0.3) is 11.1 Å². The molecule has 2 aromatic carbocycles. The molecule has 0 aromatic heterocycles. The summed E-state index contributed by atoms with van der Waals surface area (Å²) in [4.78, 5) is 13.4. The van der Waals surface area contributed by atoms with E-state index in [1.54, 1.807) is 0 Å². The van der Waals surface area contributed by atoms with Crippen molar-refractivity contribution in [1.82, 2.24) is 4.90 Å². The van der Waals surface area contributed by atoms with Gasteiger partial charge >= 0.3 is 0 Å². The summed E-state index contributed by atoms with van der Waals surface area (Å²) in [7, 11) is 0. The van der Waals surface area contributed by atoms with Crippen molar-refractivity contribution >= 4 is 6.41 Å². The van der Waals surface area contributed by atoms with Crippen LogP contribution in [-0.4, -0.2) is 24.6 Å². The third-order valence-corrected chi connectivity index (χ3v) is 5.00. The van der Waals surface area contributed by atoms with Gasteiger partial charge < -0.3 is 14.4 Å². The Labute approximate surface area is 128 Å². The molecule has 0 saturated carbocycles. The smallest absolute Gasteiger partial charge is 0.231 e. The van der Waals surface area contributed by atoms with E-state index in [4.69, 9.17) is 9.47 Å². The fourth-order valence-corrected chi connectivity index (χ4v) is 4.03. The van der Waals surface area contributed by atoms with E-state index in [9.17, 15) is 4.79 Å². The van der Waals surface area contributed by atoms with Crippen LogP contribution in [0.15, 0.2) is 30.3 Å². The summed E-state index contributed by atoms with van der Waals surface area (Å²) in [5, 5.41) is 0. The second-order valence-electron chi connectivity index (χ2n) is 6.03. The fraction of sp³-hybridized carbons (Fsp3) is 0.278. The van der Waals surface area contributed by atoms with Gasteiger partial charge in [-0.05, 0) is 41.2 Å². The number of hydrogen-bond acceptors (Lipinski definition) is 3. The maximum absolute atomic E-state index is 11.5. The molecule has 22 heavy (non-hydrogen) atoms. The topological polar surface area (TPSA) is 38.8 Å². The van der Waals surface area contributed by atoms with E-state index in [0.717, 1.165) is 42.9 Å². The van der Waals surface area contributed by atoms with Crippen molar-refractivity contribution in [2.24, 2.45) is 0 Å². The minimum atomic E-state index is 0.112. The lowest BCUT2D eigenvalue weighted by Crippen LogP contribution is -2.37. The largest absolute Gasteiger partial charge is 0.454 e. The number of fused-ring (bicyclic) bond motifs is 4. The molecule has 1 amide bonds. The molecular weight excluding hydrogens is 278 g/mol. The van der Waals surface area contributed by atoms with Crippen LogP contribution in [0, 0.1) is 0 Å². The van der Waals surface area contributed by atoms with Crippen molar-refractivity contribution in [3.05, 3.63) is 47.0 Å². The lowest BCUT2D eigenvalue weighted by Gasteiger charge is -2.40. The van der Waals surface area contributed by atoms with Crippen LogP contribution in [-0.2, 0) is 17.6 Å². The summed E-state index contributed by atoms with van der Waals surface area (Å²) in [6.07, 6.45) is 2.72. The Morgan fingerprint density at radius 2 is 2.09 bits per heavy atom. The number of amides is 1. The van der Waals surface area contributed by atoms with Gasteiger partial charge in [0.1, 0.15) is 0 Å². The molecular formula is C18H15NO3. The predicted molar refractivity (Wildman–Crippen MR) is 80.9 cm³/mol. The summed E-state index contributed by atoms with van der Waals surface area (Å²) in [6, 6.07) is 10.6. The maximum Gasteiger partial charge on any atom is 0.231 e. The average molecular weight is 293 g/mol. The Balaban J connectivity index is 1.86. The molecule has 2 aromatic rings. The number of nitrogens with zero attached hydrogens (tertiary/aromatic N) is 1. The highest BCUT2D eigenvalue weighted by atomic mass is 16.7. The van der Waals surface area contributed by atoms with E-state index in [-0.39, 0.29) is 12.8 Å². The van der Waals surface area contributed by atoms with Gasteiger partial charge in [0.05, 0.1) is 6.04 Å². The van der Waals surface area contributed by atoms with E-state index in [1.165, 1.54) is 22.3 Å². The summed E-state index contributed by atoms with van der Waals surface area (Å²) in [5.41, 5.74) is 6.15. The third kappa shape index (κ3) is 1.44. The van der Waals surface area contributed by atoms with Gasteiger partial charge in [0, 0.05) is 12.1 Å². The summed E-state index contributed by atoms with van der Waals surface area (Å²) in [6.45, 7) is 1.04. The molecule has 0 spiro atoms. The highest BCUT2D eigenvalue weighted by Gasteiger charge is 2.38. The zero-order valence-corrected chi connectivity index (χ0v) is 12.0. The van der Waals surface area contributed by atoms with Crippen molar-refractivity contribution in [1.29, 1.82) is 0 Å². The van der Waals surface area contributed by atoms with Crippen LogP contribution in [0.4, 0.5) is 0 Å². The summed E-state index contributed by atoms with van der Waals surface area (Å²) in [5.74, 6) is 1.67. The van der Waals surface area contributed by atoms with Crippen LogP contribution in [0.5, 0.6) is 11.5 Å². The van der Waals surface area contributed by atoms with E-state index in [2.05, 4.69) is 30.3 Å². The molecule has 3 aliphatic rings. The first-order valence-electron chi connectivity index (χ1n) is 7.61. The number of ether oxygens (including phenoxy) is 2. The molecule has 110 valence electrons. The second kappa shape index (κ2) is 4.26. The molecule has 1 atom stereocenters. The molecule has 0 radical (unpaired) electrons. The molecule has 0 N–H and O–H groups in total. The first kappa shape index (κ1) is 12.1. The van der Waals surface area contributed by atoms with Gasteiger partial charge in [0.2, 0.25) is 13.2 Å². The highest BCUT2D eigenvalue weighted by Crippen LogP contribution is 2.53. The minimum Gasteiger partial charge on any atom is -0.454 e. The lowest BCUT2D eigenvalue weighted by molar-refractivity contribution is -0.120. The van der Waals surface area contributed by atoms with Crippen molar-refractivity contribution in [2.45, 2.75) is 18.9 Å². The Morgan fingerprint density at radius 3 is 3.00 bits per heavy atom. The van der Waals surface area contributed by atoms with Gasteiger partial charge in [-0.3, -0.25) is 4.79 Å². The summed E-state index contributed by atoms with van der Waals surface area (Å²) < 4.78 is 11.4. The SMILES string of the molecule is O=CN1CCc2cc3c(c4c2C1Cc1ccccc1-4)OCO3. The Bertz CT molecular complexity index is 799. The lowest BCUT2D eigenvalue weighted by atomic mass is 9.76. The number of hydrogen-bond donors (Lipinski definition) is 0. The first-order valence-corrected chi connectivity index (χ1v) is 7.61. The van der Waals surface area contributed by atoms with E-state index in [1.807, 2.05) is 4.90 Å². The van der Waals surface area contributed by atoms with Gasteiger partial charge in [-0.25, -0.2) is 0 Å². The van der Waals surface area contributed by atoms with Crippen molar-refractivity contribution in [3.8, 4) is 22.6 Å². The number of carbonyl (C=O) groups is 1. The zero-order valence-electron chi connectivity index (χ0n) is 12.0. The molecule has 0 bridgehead atoms.